The van der Waals surface area contributed by atoms with Crippen LogP contribution in [-0.2, 0) is 0 Å². The molecule has 1 atom stereocenters. The molecule has 0 aromatic heterocycles. The SMILES string of the molecule is CCC(C#N)Oc1cc(C)ccc1C(=O)O. The van der Waals surface area contributed by atoms with Crippen LogP contribution in [0.15, 0.2) is 18.2 Å². The topological polar surface area (TPSA) is 70.3 Å². The first-order valence-corrected chi connectivity index (χ1v) is 4.98. The molecule has 0 heterocycles. The van der Waals surface area contributed by atoms with Gasteiger partial charge in [0.15, 0.2) is 6.10 Å². The highest BCUT2D eigenvalue weighted by molar-refractivity contribution is 5.91. The van der Waals surface area contributed by atoms with Crippen molar-refractivity contribution in [3.8, 4) is 11.8 Å². The molecule has 1 aromatic rings. The lowest BCUT2D eigenvalue weighted by atomic mass is 10.1. The molecule has 0 saturated heterocycles. The summed E-state index contributed by atoms with van der Waals surface area (Å²) in [6, 6.07) is 6.78. The predicted molar refractivity (Wildman–Crippen MR) is 58.5 cm³/mol. The fourth-order valence-corrected chi connectivity index (χ4v) is 1.26. The van der Waals surface area contributed by atoms with Gasteiger partial charge in [-0.15, -0.1) is 0 Å². The molecular weight excluding hydrogens is 206 g/mol. The number of benzene rings is 1. The number of ether oxygens (including phenoxy) is 1. The van der Waals surface area contributed by atoms with Crippen LogP contribution in [0, 0.1) is 18.3 Å². The maximum Gasteiger partial charge on any atom is 0.339 e. The van der Waals surface area contributed by atoms with Crippen LogP contribution in [0.25, 0.3) is 0 Å². The van der Waals surface area contributed by atoms with Crippen LogP contribution >= 0.6 is 0 Å². The molecule has 0 aliphatic rings. The van der Waals surface area contributed by atoms with Gasteiger partial charge in [0, 0.05) is 0 Å². The van der Waals surface area contributed by atoms with Crippen LogP contribution in [0.3, 0.4) is 0 Å². The van der Waals surface area contributed by atoms with Crippen LogP contribution < -0.4 is 4.74 Å². The second kappa shape index (κ2) is 5.17. The number of hydrogen-bond acceptors (Lipinski definition) is 3. The summed E-state index contributed by atoms with van der Waals surface area (Å²) in [7, 11) is 0. The molecule has 1 unspecified atom stereocenters. The van der Waals surface area contributed by atoms with E-state index in [4.69, 9.17) is 15.1 Å². The number of nitriles is 1. The van der Waals surface area contributed by atoms with Crippen LogP contribution in [0.1, 0.15) is 29.3 Å². The van der Waals surface area contributed by atoms with Crippen molar-refractivity contribution in [1.29, 1.82) is 5.26 Å². The summed E-state index contributed by atoms with van der Waals surface area (Å²) in [6.07, 6.45) is -0.0938. The summed E-state index contributed by atoms with van der Waals surface area (Å²) in [5.74, 6) is -0.802. The summed E-state index contributed by atoms with van der Waals surface area (Å²) in [5, 5.41) is 17.7. The van der Waals surface area contributed by atoms with E-state index >= 15 is 0 Å². The summed E-state index contributed by atoms with van der Waals surface area (Å²) < 4.78 is 5.34. The van der Waals surface area contributed by atoms with Crippen LogP contribution in [0.2, 0.25) is 0 Å². The van der Waals surface area contributed by atoms with Gasteiger partial charge in [-0.2, -0.15) is 5.26 Å². The van der Waals surface area contributed by atoms with Crippen molar-refractivity contribution in [2.75, 3.05) is 0 Å². The second-order valence-corrected chi connectivity index (χ2v) is 3.45. The Morgan fingerprint density at radius 1 is 1.62 bits per heavy atom. The number of carbonyl (C=O) groups is 1. The lowest BCUT2D eigenvalue weighted by Gasteiger charge is -2.13. The monoisotopic (exact) mass is 219 g/mol. The zero-order valence-corrected chi connectivity index (χ0v) is 9.23. The summed E-state index contributed by atoms with van der Waals surface area (Å²) in [5.41, 5.74) is 0.979. The van der Waals surface area contributed by atoms with Crippen molar-refractivity contribution < 1.29 is 14.6 Å². The molecule has 1 N–H and O–H groups in total. The maximum absolute atomic E-state index is 10.9. The normalized spacial score (nSPS) is 11.6. The summed E-state index contributed by atoms with van der Waals surface area (Å²) in [4.78, 5) is 10.9. The number of rotatable bonds is 4. The van der Waals surface area contributed by atoms with Crippen molar-refractivity contribution in [2.24, 2.45) is 0 Å². The van der Waals surface area contributed by atoms with Gasteiger partial charge in [0.05, 0.1) is 0 Å². The molecule has 0 amide bonds. The molecule has 0 radical (unpaired) electrons. The van der Waals surface area contributed by atoms with Crippen LogP contribution in [-0.4, -0.2) is 17.2 Å². The van der Waals surface area contributed by atoms with E-state index in [0.29, 0.717) is 6.42 Å². The standard InChI is InChI=1S/C12H13NO3/c1-3-9(7-13)16-11-6-8(2)4-5-10(11)12(14)15/h4-6,9H,3H2,1-2H3,(H,14,15). The first-order chi connectivity index (χ1) is 7.58. The minimum Gasteiger partial charge on any atom is -0.478 e. The summed E-state index contributed by atoms with van der Waals surface area (Å²) in [6.45, 7) is 3.65. The quantitative estimate of drug-likeness (QED) is 0.843. The Bertz CT molecular complexity index is 434. The van der Waals surface area contributed by atoms with Gasteiger partial charge in [-0.1, -0.05) is 13.0 Å². The van der Waals surface area contributed by atoms with E-state index in [-0.39, 0.29) is 11.3 Å². The Kier molecular flexibility index (Phi) is 3.90. The number of carboxylic acid groups (broad SMARTS) is 1. The average Bonchev–Trinajstić information content (AvgIpc) is 2.25. The lowest BCUT2D eigenvalue weighted by molar-refractivity contribution is 0.0691. The Morgan fingerprint density at radius 3 is 2.81 bits per heavy atom. The van der Waals surface area contributed by atoms with E-state index in [1.165, 1.54) is 6.07 Å². The first-order valence-electron chi connectivity index (χ1n) is 4.98. The fourth-order valence-electron chi connectivity index (χ4n) is 1.26. The molecule has 1 aromatic carbocycles. The molecule has 0 fully saturated rings. The van der Waals surface area contributed by atoms with Crippen LogP contribution in [0.4, 0.5) is 0 Å². The number of nitrogens with zero attached hydrogens (tertiary/aromatic N) is 1. The van der Waals surface area contributed by atoms with Crippen molar-refractivity contribution >= 4 is 5.97 Å². The molecule has 4 heteroatoms. The Hall–Kier alpha value is -2.02. The minimum absolute atomic E-state index is 0.0827. The third-order valence-corrected chi connectivity index (χ3v) is 2.15. The molecule has 4 nitrogen and oxygen atoms in total. The van der Waals surface area contributed by atoms with E-state index in [2.05, 4.69) is 0 Å². The van der Waals surface area contributed by atoms with Gasteiger partial charge in [0.1, 0.15) is 17.4 Å². The highest BCUT2D eigenvalue weighted by atomic mass is 16.5. The molecule has 16 heavy (non-hydrogen) atoms. The highest BCUT2D eigenvalue weighted by Crippen LogP contribution is 2.22. The van der Waals surface area contributed by atoms with Gasteiger partial charge in [0.2, 0.25) is 0 Å². The molecule has 0 bridgehead atoms. The van der Waals surface area contributed by atoms with E-state index < -0.39 is 12.1 Å². The van der Waals surface area contributed by atoms with Crippen molar-refractivity contribution in [2.45, 2.75) is 26.4 Å². The largest absolute Gasteiger partial charge is 0.478 e. The molecular formula is C12H13NO3. The fraction of sp³-hybridized carbons (Fsp3) is 0.333. The number of aryl methyl sites for hydroxylation is 1. The Labute approximate surface area is 94.1 Å². The number of hydrogen-bond donors (Lipinski definition) is 1. The zero-order valence-electron chi connectivity index (χ0n) is 9.23. The number of aromatic carboxylic acids is 1. The lowest BCUT2D eigenvalue weighted by Crippen LogP contribution is -2.14. The number of carboxylic acids is 1. The van der Waals surface area contributed by atoms with E-state index in [9.17, 15) is 4.79 Å². The van der Waals surface area contributed by atoms with Gasteiger partial charge in [-0.3, -0.25) is 0 Å². The third-order valence-electron chi connectivity index (χ3n) is 2.15. The van der Waals surface area contributed by atoms with Gasteiger partial charge >= 0.3 is 5.97 Å². The first kappa shape index (κ1) is 12.1. The van der Waals surface area contributed by atoms with E-state index in [1.807, 2.05) is 19.9 Å². The van der Waals surface area contributed by atoms with Crippen molar-refractivity contribution in [1.82, 2.24) is 0 Å². The predicted octanol–water partition coefficient (Wildman–Crippen LogP) is 2.37. The van der Waals surface area contributed by atoms with Gasteiger partial charge in [0.25, 0.3) is 0 Å². The smallest absolute Gasteiger partial charge is 0.339 e. The third kappa shape index (κ3) is 2.74. The second-order valence-electron chi connectivity index (χ2n) is 3.45. The summed E-state index contributed by atoms with van der Waals surface area (Å²) >= 11 is 0. The molecule has 0 spiro atoms. The van der Waals surface area contributed by atoms with Gasteiger partial charge in [-0.25, -0.2) is 4.79 Å². The molecule has 0 aliphatic carbocycles. The maximum atomic E-state index is 10.9. The van der Waals surface area contributed by atoms with Crippen molar-refractivity contribution in [3.05, 3.63) is 29.3 Å². The minimum atomic E-state index is -1.05. The molecule has 0 aliphatic heterocycles. The van der Waals surface area contributed by atoms with Gasteiger partial charge < -0.3 is 9.84 Å². The zero-order chi connectivity index (χ0) is 12.1. The Balaban J connectivity index is 3.06. The van der Waals surface area contributed by atoms with Gasteiger partial charge in [-0.05, 0) is 31.0 Å². The molecule has 84 valence electrons. The highest BCUT2D eigenvalue weighted by Gasteiger charge is 2.14. The molecule has 0 saturated carbocycles. The van der Waals surface area contributed by atoms with Crippen molar-refractivity contribution in [3.63, 3.8) is 0 Å². The van der Waals surface area contributed by atoms with E-state index in [1.54, 1.807) is 12.1 Å². The molecule has 1 rings (SSSR count). The van der Waals surface area contributed by atoms with Crippen LogP contribution in [0.5, 0.6) is 5.75 Å². The Morgan fingerprint density at radius 2 is 2.31 bits per heavy atom. The average molecular weight is 219 g/mol. The van der Waals surface area contributed by atoms with E-state index in [0.717, 1.165) is 5.56 Å².